The van der Waals surface area contributed by atoms with Crippen molar-refractivity contribution in [3.63, 3.8) is 0 Å². The number of nitrogens with zero attached hydrogens (tertiary/aromatic N) is 1. The van der Waals surface area contributed by atoms with Gasteiger partial charge in [0.15, 0.2) is 0 Å². The van der Waals surface area contributed by atoms with Crippen LogP contribution >= 0.6 is 0 Å². The second-order valence-corrected chi connectivity index (χ2v) is 4.11. The lowest BCUT2D eigenvalue weighted by atomic mass is 10.0. The predicted molar refractivity (Wildman–Crippen MR) is 71.5 cm³/mol. The molecule has 108 valence electrons. The Kier molecular flexibility index (Phi) is 5.82. The van der Waals surface area contributed by atoms with Crippen molar-refractivity contribution >= 4 is 17.8 Å². The van der Waals surface area contributed by atoms with Crippen molar-refractivity contribution in [2.75, 3.05) is 13.1 Å². The summed E-state index contributed by atoms with van der Waals surface area (Å²) in [7, 11) is 0. The van der Waals surface area contributed by atoms with E-state index in [9.17, 15) is 19.5 Å². The molecule has 1 unspecified atom stereocenters. The van der Waals surface area contributed by atoms with Crippen molar-refractivity contribution < 1.29 is 19.5 Å². The topological polar surface area (TPSA) is 127 Å². The minimum atomic E-state index is -1.32. The molecule has 1 aromatic carbocycles. The normalized spacial score (nSPS) is 11.7. The summed E-state index contributed by atoms with van der Waals surface area (Å²) >= 11 is 0. The summed E-state index contributed by atoms with van der Waals surface area (Å²) in [5, 5.41) is 9.27. The summed E-state index contributed by atoms with van der Waals surface area (Å²) in [5.74, 6) is -2.80. The van der Waals surface area contributed by atoms with Crippen molar-refractivity contribution in [3.8, 4) is 0 Å². The number of carbonyl (C=O) groups is 3. The fraction of sp³-hybridized carbons (Fsp3) is 0.308. The average Bonchev–Trinajstić information content (AvgIpc) is 2.46. The molecule has 0 radical (unpaired) electrons. The Hall–Kier alpha value is -2.25. The molecule has 2 amide bonds. The minimum Gasteiger partial charge on any atom is -0.480 e. The van der Waals surface area contributed by atoms with Crippen LogP contribution in [0.3, 0.4) is 0 Å². The SMILES string of the molecule is NCC(=O)N(C(=O)CN)C(Cc1ccccc1)C(=O)O. The quantitative estimate of drug-likeness (QED) is 0.610. The molecule has 5 N–H and O–H groups in total. The summed E-state index contributed by atoms with van der Waals surface area (Å²) in [6.07, 6.45) is 0.00759. The lowest BCUT2D eigenvalue weighted by Crippen LogP contribution is -2.53. The molecule has 0 saturated heterocycles. The second-order valence-electron chi connectivity index (χ2n) is 4.11. The lowest BCUT2D eigenvalue weighted by molar-refractivity contribution is -0.157. The number of imide groups is 1. The number of hydrogen-bond acceptors (Lipinski definition) is 5. The molecule has 0 fully saturated rings. The Morgan fingerprint density at radius 1 is 1.05 bits per heavy atom. The Morgan fingerprint density at radius 2 is 1.55 bits per heavy atom. The van der Waals surface area contributed by atoms with Gasteiger partial charge in [0, 0.05) is 6.42 Å². The Labute approximate surface area is 116 Å². The zero-order chi connectivity index (χ0) is 15.1. The number of hydrogen-bond donors (Lipinski definition) is 3. The highest BCUT2D eigenvalue weighted by atomic mass is 16.4. The number of carboxylic acid groups (broad SMARTS) is 1. The van der Waals surface area contributed by atoms with Gasteiger partial charge < -0.3 is 16.6 Å². The molecule has 1 aromatic rings. The molecule has 0 aliphatic carbocycles. The number of amides is 2. The van der Waals surface area contributed by atoms with Crippen LogP contribution in [-0.4, -0.2) is 46.9 Å². The van der Waals surface area contributed by atoms with E-state index >= 15 is 0 Å². The van der Waals surface area contributed by atoms with Crippen LogP contribution in [0, 0.1) is 0 Å². The maximum absolute atomic E-state index is 11.7. The zero-order valence-electron chi connectivity index (χ0n) is 10.9. The van der Waals surface area contributed by atoms with Gasteiger partial charge in [-0.2, -0.15) is 0 Å². The molecule has 0 bridgehead atoms. The van der Waals surface area contributed by atoms with Gasteiger partial charge in [-0.15, -0.1) is 0 Å². The molecule has 1 atom stereocenters. The van der Waals surface area contributed by atoms with E-state index < -0.39 is 36.9 Å². The van der Waals surface area contributed by atoms with Crippen molar-refractivity contribution in [1.29, 1.82) is 0 Å². The summed E-state index contributed by atoms with van der Waals surface area (Å²) in [6, 6.07) is 7.39. The van der Waals surface area contributed by atoms with Gasteiger partial charge in [-0.3, -0.25) is 14.5 Å². The lowest BCUT2D eigenvalue weighted by Gasteiger charge is -2.26. The molecule has 0 spiro atoms. The first kappa shape index (κ1) is 15.8. The number of benzene rings is 1. The third-order valence-electron chi connectivity index (χ3n) is 2.76. The van der Waals surface area contributed by atoms with Crippen molar-refractivity contribution in [1.82, 2.24) is 4.90 Å². The first-order valence-electron chi connectivity index (χ1n) is 6.03. The summed E-state index contributed by atoms with van der Waals surface area (Å²) in [6.45, 7) is -0.908. The van der Waals surface area contributed by atoms with Crippen molar-refractivity contribution in [3.05, 3.63) is 35.9 Å². The van der Waals surface area contributed by atoms with E-state index in [2.05, 4.69) is 0 Å². The first-order valence-corrected chi connectivity index (χ1v) is 6.03. The summed E-state index contributed by atoms with van der Waals surface area (Å²) in [5.41, 5.74) is 11.1. The van der Waals surface area contributed by atoms with Crippen LogP contribution in [0.2, 0.25) is 0 Å². The molecule has 0 aromatic heterocycles. The molecule has 7 nitrogen and oxygen atoms in total. The maximum Gasteiger partial charge on any atom is 0.327 e. The largest absolute Gasteiger partial charge is 0.480 e. The van der Waals surface area contributed by atoms with Gasteiger partial charge in [0.25, 0.3) is 0 Å². The average molecular weight is 279 g/mol. The maximum atomic E-state index is 11.7. The standard InChI is InChI=1S/C13H17N3O4/c14-7-11(17)16(12(18)8-15)10(13(19)20)6-9-4-2-1-3-5-9/h1-5,10H,6-8,14-15H2,(H,19,20). The molecule has 0 saturated carbocycles. The van der Waals surface area contributed by atoms with E-state index in [0.717, 1.165) is 0 Å². The molecule has 1 rings (SSSR count). The number of aliphatic carboxylic acids is 1. The van der Waals surface area contributed by atoms with Crippen LogP contribution in [0.1, 0.15) is 5.56 Å². The number of carbonyl (C=O) groups excluding carboxylic acids is 2. The van der Waals surface area contributed by atoms with Crippen LogP contribution in [0.5, 0.6) is 0 Å². The van der Waals surface area contributed by atoms with E-state index in [1.54, 1.807) is 30.3 Å². The fourth-order valence-electron chi connectivity index (χ4n) is 1.81. The molecule has 0 aliphatic rings. The van der Waals surface area contributed by atoms with Gasteiger partial charge >= 0.3 is 5.97 Å². The second kappa shape index (κ2) is 7.37. The van der Waals surface area contributed by atoms with Crippen molar-refractivity contribution in [2.24, 2.45) is 11.5 Å². The van der Waals surface area contributed by atoms with Gasteiger partial charge in [-0.05, 0) is 5.56 Å². The van der Waals surface area contributed by atoms with Crippen LogP contribution < -0.4 is 11.5 Å². The van der Waals surface area contributed by atoms with E-state index in [1.807, 2.05) is 0 Å². The molecule has 0 heterocycles. The van der Waals surface area contributed by atoms with Gasteiger partial charge in [0.1, 0.15) is 6.04 Å². The third-order valence-corrected chi connectivity index (χ3v) is 2.76. The highest BCUT2D eigenvalue weighted by Gasteiger charge is 2.33. The van der Waals surface area contributed by atoms with E-state index in [0.29, 0.717) is 10.5 Å². The number of rotatable bonds is 6. The number of nitrogens with two attached hydrogens (primary N) is 2. The minimum absolute atomic E-state index is 0.00759. The molecular weight excluding hydrogens is 262 g/mol. The van der Waals surface area contributed by atoms with Gasteiger partial charge in [-0.25, -0.2) is 4.79 Å². The molecule has 0 aliphatic heterocycles. The number of carboxylic acids is 1. The molecule has 7 heteroatoms. The van der Waals surface area contributed by atoms with Crippen LogP contribution in [0.4, 0.5) is 0 Å². The van der Waals surface area contributed by atoms with Gasteiger partial charge in [-0.1, -0.05) is 30.3 Å². The third kappa shape index (κ3) is 3.87. The Balaban J connectivity index is 3.05. The van der Waals surface area contributed by atoms with Crippen LogP contribution in [0.25, 0.3) is 0 Å². The molecule has 20 heavy (non-hydrogen) atoms. The highest BCUT2D eigenvalue weighted by Crippen LogP contribution is 2.10. The van der Waals surface area contributed by atoms with Gasteiger partial charge in [0.2, 0.25) is 11.8 Å². The first-order chi connectivity index (χ1) is 9.51. The Bertz CT molecular complexity index is 474. The fourth-order valence-corrected chi connectivity index (χ4v) is 1.81. The zero-order valence-corrected chi connectivity index (χ0v) is 10.9. The van der Waals surface area contributed by atoms with Crippen molar-refractivity contribution in [2.45, 2.75) is 12.5 Å². The predicted octanol–water partition coefficient (Wildman–Crippen LogP) is -1.05. The van der Waals surface area contributed by atoms with E-state index in [1.165, 1.54) is 0 Å². The van der Waals surface area contributed by atoms with Crippen LogP contribution in [-0.2, 0) is 20.8 Å². The van der Waals surface area contributed by atoms with Crippen LogP contribution in [0.15, 0.2) is 30.3 Å². The monoisotopic (exact) mass is 279 g/mol. The molecular formula is C13H17N3O4. The summed E-state index contributed by atoms with van der Waals surface area (Å²) in [4.78, 5) is 35.4. The van der Waals surface area contributed by atoms with E-state index in [4.69, 9.17) is 11.5 Å². The van der Waals surface area contributed by atoms with Gasteiger partial charge in [0.05, 0.1) is 13.1 Å². The Morgan fingerprint density at radius 3 is 1.95 bits per heavy atom. The highest BCUT2D eigenvalue weighted by molar-refractivity contribution is 6.00. The summed E-state index contributed by atoms with van der Waals surface area (Å²) < 4.78 is 0. The smallest absolute Gasteiger partial charge is 0.327 e. The van der Waals surface area contributed by atoms with E-state index in [-0.39, 0.29) is 6.42 Å².